The number of hydrogen-bond acceptors (Lipinski definition) is 6. The van der Waals surface area contributed by atoms with Crippen molar-refractivity contribution >= 4 is 27.6 Å². The maximum atomic E-state index is 11.9. The van der Waals surface area contributed by atoms with Gasteiger partial charge in [0.2, 0.25) is 0 Å². The number of rotatable bonds is 7. The molecule has 4 nitrogen and oxygen atoms in total. The zero-order valence-corrected chi connectivity index (χ0v) is 15.4. The first-order valence-corrected chi connectivity index (χ1v) is 11.0. The molecule has 0 N–H and O–H groups in total. The summed E-state index contributed by atoms with van der Waals surface area (Å²) in [6, 6.07) is 9.81. The molecular weight excluding hydrogens is 344 g/mol. The summed E-state index contributed by atoms with van der Waals surface area (Å²) in [6.45, 7) is 0.780. The lowest BCUT2D eigenvalue weighted by atomic mass is 10.1. The van der Waals surface area contributed by atoms with Crippen LogP contribution in [0.25, 0.3) is 0 Å². The van der Waals surface area contributed by atoms with Gasteiger partial charge in [-0.25, -0.2) is 0 Å². The largest absolute Gasteiger partial charge is 0.457 e. The van der Waals surface area contributed by atoms with Gasteiger partial charge in [-0.3, -0.25) is 4.79 Å². The zero-order valence-electron chi connectivity index (χ0n) is 13.7. The topological polar surface area (TPSA) is 44.8 Å². The molecule has 1 aromatic rings. The lowest BCUT2D eigenvalue weighted by Crippen LogP contribution is -2.35. The SMILES string of the molecule is O=C(CCCCC1CCSS1)OC1COC(c2ccccc2)OC1. The molecule has 132 valence electrons. The van der Waals surface area contributed by atoms with Gasteiger partial charge in [-0.15, -0.1) is 0 Å². The molecule has 0 amide bonds. The normalized spacial score (nSPS) is 27.1. The van der Waals surface area contributed by atoms with Gasteiger partial charge in [-0.1, -0.05) is 58.3 Å². The maximum Gasteiger partial charge on any atom is 0.306 e. The maximum absolute atomic E-state index is 11.9. The van der Waals surface area contributed by atoms with Crippen molar-refractivity contribution in [2.24, 2.45) is 0 Å². The lowest BCUT2D eigenvalue weighted by Gasteiger charge is -2.29. The Morgan fingerprint density at radius 3 is 2.67 bits per heavy atom. The minimum absolute atomic E-state index is 0.140. The van der Waals surface area contributed by atoms with Crippen molar-refractivity contribution in [3.05, 3.63) is 35.9 Å². The van der Waals surface area contributed by atoms with Crippen LogP contribution < -0.4 is 0 Å². The van der Waals surface area contributed by atoms with Gasteiger partial charge in [0.15, 0.2) is 6.29 Å². The molecule has 2 aliphatic rings. The smallest absolute Gasteiger partial charge is 0.306 e. The van der Waals surface area contributed by atoms with Crippen molar-refractivity contribution in [3.63, 3.8) is 0 Å². The number of hydrogen-bond donors (Lipinski definition) is 0. The number of esters is 1. The van der Waals surface area contributed by atoms with E-state index >= 15 is 0 Å². The summed E-state index contributed by atoms with van der Waals surface area (Å²) in [7, 11) is 3.96. The van der Waals surface area contributed by atoms with Crippen LogP contribution in [0.2, 0.25) is 0 Å². The van der Waals surface area contributed by atoms with Crippen LogP contribution >= 0.6 is 21.6 Å². The average Bonchev–Trinajstić information content (AvgIpc) is 3.14. The summed E-state index contributed by atoms with van der Waals surface area (Å²) in [4.78, 5) is 11.9. The number of carbonyl (C=O) groups is 1. The predicted octanol–water partition coefficient (Wildman–Crippen LogP) is 4.36. The molecule has 2 fully saturated rings. The molecular formula is C18H24O4S2. The predicted molar refractivity (Wildman–Crippen MR) is 97.9 cm³/mol. The molecule has 0 spiro atoms. The van der Waals surface area contributed by atoms with Gasteiger partial charge in [0.1, 0.15) is 6.10 Å². The third-order valence-corrected chi connectivity index (χ3v) is 7.13. The molecule has 3 rings (SSSR count). The number of carbonyl (C=O) groups excluding carboxylic acids is 1. The van der Waals surface area contributed by atoms with Gasteiger partial charge in [0.25, 0.3) is 0 Å². The molecule has 2 heterocycles. The molecule has 0 aromatic heterocycles. The fourth-order valence-electron chi connectivity index (χ4n) is 2.81. The summed E-state index contributed by atoms with van der Waals surface area (Å²) >= 11 is 0. The van der Waals surface area contributed by atoms with Crippen molar-refractivity contribution in [1.82, 2.24) is 0 Å². The molecule has 0 aliphatic carbocycles. The average molecular weight is 369 g/mol. The zero-order chi connectivity index (χ0) is 16.6. The Kier molecular flexibility index (Phi) is 7.32. The molecule has 1 unspecified atom stereocenters. The molecule has 24 heavy (non-hydrogen) atoms. The highest BCUT2D eigenvalue weighted by Gasteiger charge is 2.26. The monoisotopic (exact) mass is 368 g/mol. The fraction of sp³-hybridized carbons (Fsp3) is 0.611. The Hall–Kier alpha value is -0.690. The molecule has 1 atom stereocenters. The van der Waals surface area contributed by atoms with Gasteiger partial charge in [0.05, 0.1) is 13.2 Å². The van der Waals surface area contributed by atoms with E-state index in [0.29, 0.717) is 19.6 Å². The molecule has 1 aromatic carbocycles. The molecule has 0 saturated carbocycles. The van der Waals surface area contributed by atoms with Crippen LogP contribution in [-0.2, 0) is 19.0 Å². The van der Waals surface area contributed by atoms with E-state index in [-0.39, 0.29) is 18.4 Å². The van der Waals surface area contributed by atoms with Crippen LogP contribution in [-0.4, -0.2) is 36.3 Å². The Morgan fingerprint density at radius 2 is 1.96 bits per heavy atom. The van der Waals surface area contributed by atoms with Crippen LogP contribution in [0.1, 0.15) is 44.0 Å². The van der Waals surface area contributed by atoms with E-state index in [9.17, 15) is 4.79 Å². The second-order valence-electron chi connectivity index (χ2n) is 6.10. The van der Waals surface area contributed by atoms with Crippen LogP contribution in [0.3, 0.4) is 0 Å². The molecule has 2 aliphatic heterocycles. The summed E-state index contributed by atoms with van der Waals surface area (Å²) in [6.07, 6.45) is 4.35. The fourth-order valence-corrected chi connectivity index (χ4v) is 5.83. The Bertz CT molecular complexity index is 497. The van der Waals surface area contributed by atoms with Gasteiger partial charge in [-0.2, -0.15) is 0 Å². The standard InChI is InChI=1S/C18H24O4S2/c19-17(9-5-4-8-16-10-11-23-24-16)22-15-12-20-18(21-13-15)14-6-2-1-3-7-14/h1-3,6-7,15-16,18H,4-5,8-13H2. The van der Waals surface area contributed by atoms with E-state index < -0.39 is 0 Å². The van der Waals surface area contributed by atoms with Crippen LogP contribution in [0.4, 0.5) is 0 Å². The number of ether oxygens (including phenoxy) is 3. The summed E-state index contributed by atoms with van der Waals surface area (Å²) in [5.74, 6) is 1.13. The quantitative estimate of drug-likeness (QED) is 0.405. The van der Waals surface area contributed by atoms with Crippen LogP contribution in [0.5, 0.6) is 0 Å². The minimum atomic E-state index is -0.358. The van der Waals surface area contributed by atoms with Crippen LogP contribution in [0.15, 0.2) is 30.3 Å². The Morgan fingerprint density at radius 1 is 1.17 bits per heavy atom. The molecule has 0 radical (unpaired) electrons. The van der Waals surface area contributed by atoms with E-state index in [0.717, 1.165) is 23.7 Å². The first-order chi connectivity index (χ1) is 11.8. The van der Waals surface area contributed by atoms with Crippen molar-refractivity contribution in [2.75, 3.05) is 19.0 Å². The third kappa shape index (κ3) is 5.69. The van der Waals surface area contributed by atoms with Crippen molar-refractivity contribution in [3.8, 4) is 0 Å². The van der Waals surface area contributed by atoms with Crippen molar-refractivity contribution < 1.29 is 19.0 Å². The van der Waals surface area contributed by atoms with Gasteiger partial charge >= 0.3 is 5.97 Å². The Balaban J connectivity index is 1.28. The summed E-state index contributed by atoms with van der Waals surface area (Å²) in [5, 5.41) is 0.779. The summed E-state index contributed by atoms with van der Waals surface area (Å²) in [5.41, 5.74) is 0.991. The van der Waals surface area contributed by atoms with Gasteiger partial charge in [0, 0.05) is 23.0 Å². The molecule has 6 heteroatoms. The van der Waals surface area contributed by atoms with E-state index in [2.05, 4.69) is 0 Å². The lowest BCUT2D eigenvalue weighted by molar-refractivity contribution is -0.229. The highest BCUT2D eigenvalue weighted by atomic mass is 33.1. The highest BCUT2D eigenvalue weighted by molar-refractivity contribution is 8.77. The third-order valence-electron chi connectivity index (χ3n) is 4.12. The molecule has 2 saturated heterocycles. The van der Waals surface area contributed by atoms with Crippen molar-refractivity contribution in [1.29, 1.82) is 0 Å². The summed E-state index contributed by atoms with van der Waals surface area (Å²) < 4.78 is 16.8. The van der Waals surface area contributed by atoms with E-state index in [1.54, 1.807) is 0 Å². The van der Waals surface area contributed by atoms with Crippen molar-refractivity contribution in [2.45, 2.75) is 49.7 Å². The number of benzene rings is 1. The van der Waals surface area contributed by atoms with E-state index in [1.165, 1.54) is 18.6 Å². The second kappa shape index (κ2) is 9.70. The van der Waals surface area contributed by atoms with E-state index in [1.807, 2.05) is 51.9 Å². The second-order valence-corrected chi connectivity index (χ2v) is 8.88. The van der Waals surface area contributed by atoms with Crippen LogP contribution in [0, 0.1) is 0 Å². The molecule has 0 bridgehead atoms. The first-order valence-electron chi connectivity index (χ1n) is 8.57. The Labute approximate surface area is 151 Å². The van der Waals surface area contributed by atoms with Gasteiger partial charge in [-0.05, 0) is 19.3 Å². The highest BCUT2D eigenvalue weighted by Crippen LogP contribution is 2.39. The van der Waals surface area contributed by atoms with Gasteiger partial charge < -0.3 is 14.2 Å². The van der Waals surface area contributed by atoms with E-state index in [4.69, 9.17) is 14.2 Å². The first kappa shape index (κ1) is 18.1. The minimum Gasteiger partial charge on any atom is -0.457 e. The number of unbranched alkanes of at least 4 members (excludes halogenated alkanes) is 1.